The van der Waals surface area contributed by atoms with Crippen molar-refractivity contribution in [2.75, 3.05) is 6.61 Å². The Labute approximate surface area is 201 Å². The molecule has 0 unspecified atom stereocenters. The van der Waals surface area contributed by atoms with E-state index in [1.807, 2.05) is 55.5 Å². The molecule has 6 heteroatoms. The smallest absolute Gasteiger partial charge is 0.274 e. The maximum atomic E-state index is 13.2. The average molecular weight is 471 g/mol. The van der Waals surface area contributed by atoms with Gasteiger partial charge in [-0.1, -0.05) is 47.2 Å². The zero-order chi connectivity index (χ0) is 23.8. The molecule has 0 saturated heterocycles. The third-order valence-corrected chi connectivity index (χ3v) is 6.87. The van der Waals surface area contributed by atoms with E-state index in [9.17, 15) is 4.79 Å². The number of ether oxygens (including phenoxy) is 2. The molecule has 0 saturated carbocycles. The van der Waals surface area contributed by atoms with Crippen molar-refractivity contribution in [3.05, 3.63) is 97.3 Å². The summed E-state index contributed by atoms with van der Waals surface area (Å²) in [7, 11) is 0. The molecule has 3 aromatic carbocycles. The summed E-state index contributed by atoms with van der Waals surface area (Å²) >= 11 is 1.40. The number of hydrogen-bond acceptors (Lipinski definition) is 5. The van der Waals surface area contributed by atoms with Gasteiger partial charge in [-0.3, -0.25) is 4.79 Å². The van der Waals surface area contributed by atoms with Gasteiger partial charge in [0.2, 0.25) is 0 Å². The van der Waals surface area contributed by atoms with Crippen LogP contribution in [0.4, 0.5) is 0 Å². The van der Waals surface area contributed by atoms with E-state index in [-0.39, 0.29) is 5.56 Å². The molecule has 0 aliphatic carbocycles. The summed E-state index contributed by atoms with van der Waals surface area (Å²) in [6.45, 7) is 9.11. The molecule has 5 nitrogen and oxygen atoms in total. The van der Waals surface area contributed by atoms with E-state index < -0.39 is 0 Å². The van der Waals surface area contributed by atoms with Gasteiger partial charge in [0.05, 0.1) is 22.2 Å². The van der Waals surface area contributed by atoms with Crippen LogP contribution in [0.1, 0.15) is 34.7 Å². The monoisotopic (exact) mass is 470 g/mol. The summed E-state index contributed by atoms with van der Waals surface area (Å²) in [4.78, 5) is 18.6. The van der Waals surface area contributed by atoms with Crippen molar-refractivity contribution in [2.45, 2.75) is 34.3 Å². The Bertz CT molecular complexity index is 1630. The van der Waals surface area contributed by atoms with Gasteiger partial charge >= 0.3 is 0 Å². The van der Waals surface area contributed by atoms with E-state index >= 15 is 0 Å². The zero-order valence-electron chi connectivity index (χ0n) is 19.7. The quantitative estimate of drug-likeness (QED) is 0.335. The van der Waals surface area contributed by atoms with Crippen molar-refractivity contribution in [2.24, 2.45) is 0 Å². The van der Waals surface area contributed by atoms with Crippen LogP contribution in [-0.2, 0) is 6.61 Å². The average Bonchev–Trinajstić information content (AvgIpc) is 3.29. The molecule has 172 valence electrons. The van der Waals surface area contributed by atoms with Crippen molar-refractivity contribution in [1.29, 1.82) is 0 Å². The minimum Gasteiger partial charge on any atom is -0.490 e. The summed E-state index contributed by atoms with van der Waals surface area (Å²) < 4.78 is 14.2. The number of nitrogens with zero attached hydrogens (tertiary/aromatic N) is 2. The molecule has 2 aromatic heterocycles. The van der Waals surface area contributed by atoms with Crippen molar-refractivity contribution >= 4 is 33.4 Å². The van der Waals surface area contributed by atoms with Crippen LogP contribution in [0.3, 0.4) is 0 Å². The van der Waals surface area contributed by atoms with Gasteiger partial charge < -0.3 is 9.47 Å². The Morgan fingerprint density at radius 1 is 0.971 bits per heavy atom. The van der Waals surface area contributed by atoms with E-state index in [0.29, 0.717) is 34.2 Å². The number of aromatic nitrogens is 2. The lowest BCUT2D eigenvalue weighted by Crippen LogP contribution is -2.22. The summed E-state index contributed by atoms with van der Waals surface area (Å²) in [5.74, 6) is 1.34. The number of thiazole rings is 1. The highest BCUT2D eigenvalue weighted by molar-refractivity contribution is 7.15. The summed E-state index contributed by atoms with van der Waals surface area (Å²) in [5, 5.41) is 0. The molecule has 0 spiro atoms. The van der Waals surface area contributed by atoms with Crippen molar-refractivity contribution in [3.8, 4) is 11.5 Å². The predicted octanol–water partition coefficient (Wildman–Crippen LogP) is 5.36. The maximum Gasteiger partial charge on any atom is 0.274 e. The maximum absolute atomic E-state index is 13.2. The van der Waals surface area contributed by atoms with Crippen LogP contribution in [0.25, 0.3) is 22.1 Å². The normalized spacial score (nSPS) is 12.1. The van der Waals surface area contributed by atoms with Gasteiger partial charge in [-0.2, -0.15) is 0 Å². The second kappa shape index (κ2) is 8.95. The molecule has 0 N–H and O–H groups in total. The van der Waals surface area contributed by atoms with E-state index in [2.05, 4.69) is 37.9 Å². The van der Waals surface area contributed by atoms with E-state index in [4.69, 9.17) is 9.47 Å². The number of rotatable bonds is 6. The molecule has 2 heterocycles. The Morgan fingerprint density at radius 3 is 2.59 bits per heavy atom. The molecule has 0 amide bonds. The fourth-order valence-electron chi connectivity index (χ4n) is 4.03. The highest BCUT2D eigenvalue weighted by Gasteiger charge is 2.13. The number of imidazole rings is 1. The fourth-order valence-corrected chi connectivity index (χ4v) is 5.02. The first-order valence-electron chi connectivity index (χ1n) is 11.3. The molecule has 0 aliphatic heterocycles. The van der Waals surface area contributed by atoms with Gasteiger partial charge in [0.25, 0.3) is 5.56 Å². The number of benzene rings is 3. The highest BCUT2D eigenvalue weighted by atomic mass is 32.1. The minimum atomic E-state index is -0.0523. The summed E-state index contributed by atoms with van der Waals surface area (Å²) in [5.41, 5.74) is 7.16. The second-order valence-electron chi connectivity index (χ2n) is 8.49. The first-order valence-corrected chi connectivity index (χ1v) is 12.1. The minimum absolute atomic E-state index is 0.0523. The van der Waals surface area contributed by atoms with Crippen LogP contribution < -0.4 is 19.6 Å². The van der Waals surface area contributed by atoms with E-state index in [1.54, 1.807) is 4.40 Å². The third-order valence-electron chi connectivity index (χ3n) is 5.90. The summed E-state index contributed by atoms with van der Waals surface area (Å²) in [6, 6.07) is 18.1. The van der Waals surface area contributed by atoms with Gasteiger partial charge in [0.1, 0.15) is 6.61 Å². The molecule has 0 fully saturated rings. The van der Waals surface area contributed by atoms with Crippen LogP contribution in [0.5, 0.6) is 11.5 Å². The predicted molar refractivity (Wildman–Crippen MR) is 138 cm³/mol. The van der Waals surface area contributed by atoms with Crippen molar-refractivity contribution < 1.29 is 9.47 Å². The topological polar surface area (TPSA) is 52.8 Å². The molecule has 0 radical (unpaired) electrons. The Hall–Kier alpha value is -3.64. The van der Waals surface area contributed by atoms with Gasteiger partial charge in [0, 0.05) is 0 Å². The summed E-state index contributed by atoms with van der Waals surface area (Å²) in [6.07, 6.45) is 1.89. The molecule has 5 rings (SSSR count). The van der Waals surface area contributed by atoms with E-state index in [0.717, 1.165) is 27.7 Å². The highest BCUT2D eigenvalue weighted by Crippen LogP contribution is 2.30. The second-order valence-corrected chi connectivity index (χ2v) is 9.50. The van der Waals surface area contributed by atoms with Gasteiger partial charge in [0.15, 0.2) is 16.5 Å². The Morgan fingerprint density at radius 2 is 1.79 bits per heavy atom. The molecule has 0 atom stereocenters. The van der Waals surface area contributed by atoms with Crippen molar-refractivity contribution in [1.82, 2.24) is 9.38 Å². The number of fused-ring (bicyclic) bond motifs is 3. The lowest BCUT2D eigenvalue weighted by Gasteiger charge is -2.13. The van der Waals surface area contributed by atoms with Gasteiger partial charge in [-0.15, -0.1) is 0 Å². The standard InChI is InChI=1S/C28H26N2O3S/c1-5-32-25-14-20(9-10-24(25)33-16-21-8-6-7-17(2)11-21)15-26-27(31)30-23-13-19(4)18(3)12-22(23)29-28(30)34-26/h6-15H,5,16H2,1-4H3/b26-15-. The molecule has 0 aliphatic rings. The Balaban J connectivity index is 1.50. The molecular formula is C28H26N2O3S. The number of hydrogen-bond donors (Lipinski definition) is 0. The number of aryl methyl sites for hydroxylation is 3. The first kappa shape index (κ1) is 22.2. The largest absolute Gasteiger partial charge is 0.490 e. The Kier molecular flexibility index (Phi) is 5.84. The molecule has 34 heavy (non-hydrogen) atoms. The lowest BCUT2D eigenvalue weighted by atomic mass is 10.1. The van der Waals surface area contributed by atoms with Crippen LogP contribution in [0.15, 0.2) is 59.4 Å². The third kappa shape index (κ3) is 4.17. The SMILES string of the molecule is CCOc1cc(/C=c2\sc3nc4cc(C)c(C)cc4n3c2=O)ccc1OCc1cccc(C)c1. The fraction of sp³-hybridized carbons (Fsp3) is 0.214. The van der Waals surface area contributed by atoms with Crippen LogP contribution >= 0.6 is 11.3 Å². The van der Waals surface area contributed by atoms with E-state index in [1.165, 1.54) is 22.5 Å². The van der Waals surface area contributed by atoms with Crippen molar-refractivity contribution in [3.63, 3.8) is 0 Å². The first-order chi connectivity index (χ1) is 16.4. The van der Waals surface area contributed by atoms with Crippen LogP contribution in [0.2, 0.25) is 0 Å². The van der Waals surface area contributed by atoms with Gasteiger partial charge in [-0.05, 0) is 80.3 Å². The van der Waals surface area contributed by atoms with Crippen LogP contribution in [0, 0.1) is 20.8 Å². The molecular weight excluding hydrogens is 444 g/mol. The molecule has 5 aromatic rings. The van der Waals surface area contributed by atoms with Crippen LogP contribution in [-0.4, -0.2) is 16.0 Å². The molecule has 0 bridgehead atoms. The lowest BCUT2D eigenvalue weighted by molar-refractivity contribution is 0.269. The zero-order valence-corrected chi connectivity index (χ0v) is 20.5. The van der Waals surface area contributed by atoms with Gasteiger partial charge in [-0.25, -0.2) is 9.38 Å².